The van der Waals surface area contributed by atoms with Gasteiger partial charge in [-0.05, 0) is 55.3 Å². The van der Waals surface area contributed by atoms with Gasteiger partial charge in [-0.3, -0.25) is 4.90 Å². The average molecular weight is 511 g/mol. The Morgan fingerprint density at radius 3 is 2.74 bits per heavy atom. The van der Waals surface area contributed by atoms with Crippen molar-refractivity contribution in [2.75, 3.05) is 31.1 Å². The Kier molecular flexibility index (Phi) is 5.67. The molecule has 0 amide bonds. The van der Waals surface area contributed by atoms with E-state index in [-0.39, 0.29) is 11.1 Å². The molecule has 0 aliphatic carbocycles. The molecule has 1 unspecified atom stereocenters. The second-order valence-electron chi connectivity index (χ2n) is 9.48. The van der Waals surface area contributed by atoms with Crippen molar-refractivity contribution in [2.24, 2.45) is 5.41 Å². The smallest absolute Gasteiger partial charge is 0.323 e. The van der Waals surface area contributed by atoms with E-state index in [0.717, 1.165) is 62.4 Å². The van der Waals surface area contributed by atoms with Crippen molar-refractivity contribution in [3.05, 3.63) is 75.0 Å². The fourth-order valence-electron chi connectivity index (χ4n) is 5.34. The summed E-state index contributed by atoms with van der Waals surface area (Å²) in [4.78, 5) is 30.7. The fourth-order valence-corrected chi connectivity index (χ4v) is 5.79. The van der Waals surface area contributed by atoms with E-state index in [2.05, 4.69) is 41.9 Å². The van der Waals surface area contributed by atoms with Crippen LogP contribution in [0.1, 0.15) is 18.4 Å². The van der Waals surface area contributed by atoms with Gasteiger partial charge in [0, 0.05) is 36.6 Å². The van der Waals surface area contributed by atoms with Crippen molar-refractivity contribution in [3.63, 3.8) is 0 Å². The van der Waals surface area contributed by atoms with E-state index in [9.17, 15) is 4.79 Å². The van der Waals surface area contributed by atoms with Crippen molar-refractivity contribution >= 4 is 40.1 Å². The quantitative estimate of drug-likeness (QED) is 0.398. The summed E-state index contributed by atoms with van der Waals surface area (Å²) in [5.74, 6) is 1.88. The summed E-state index contributed by atoms with van der Waals surface area (Å²) in [6, 6.07) is 11.3. The molecule has 2 aromatic carbocycles. The summed E-state index contributed by atoms with van der Waals surface area (Å²) in [6.45, 7) is 4.75. The van der Waals surface area contributed by atoms with Crippen molar-refractivity contribution in [2.45, 2.75) is 19.4 Å². The molecule has 35 heavy (non-hydrogen) atoms. The summed E-state index contributed by atoms with van der Waals surface area (Å²) < 4.78 is 6.10. The number of halogens is 2. The molecule has 1 atom stereocenters. The second kappa shape index (κ2) is 8.86. The highest BCUT2D eigenvalue weighted by Crippen LogP contribution is 2.43. The molecule has 2 saturated heterocycles. The van der Waals surface area contributed by atoms with E-state index >= 15 is 0 Å². The Hall–Kier alpha value is -3.07. The minimum absolute atomic E-state index is 0.172. The predicted molar refractivity (Wildman–Crippen MR) is 137 cm³/mol. The first-order valence-corrected chi connectivity index (χ1v) is 12.3. The summed E-state index contributed by atoms with van der Waals surface area (Å²) in [5, 5.41) is 0.999. The van der Waals surface area contributed by atoms with E-state index in [1.54, 1.807) is 30.7 Å². The molecule has 180 valence electrons. The number of likely N-dealkylation sites (tertiary alicyclic amines) is 1. The van der Waals surface area contributed by atoms with Crippen LogP contribution in [0.25, 0.3) is 11.0 Å². The minimum atomic E-state index is -0.172. The normalized spacial score (nSPS) is 20.3. The van der Waals surface area contributed by atoms with Crippen LogP contribution >= 0.6 is 23.2 Å². The van der Waals surface area contributed by atoms with Crippen molar-refractivity contribution in [3.8, 4) is 11.5 Å². The lowest BCUT2D eigenvalue weighted by Gasteiger charge is -2.26. The lowest BCUT2D eigenvalue weighted by molar-refractivity contribution is 0.270. The number of benzene rings is 2. The number of hydrogen-bond donors (Lipinski definition) is 2. The van der Waals surface area contributed by atoms with Crippen LogP contribution in [0.15, 0.2) is 53.7 Å². The number of nitrogens with one attached hydrogen (secondary N) is 2. The Balaban J connectivity index is 1.15. The molecular formula is C25H24Cl2N6O2. The zero-order valence-corrected chi connectivity index (χ0v) is 20.4. The van der Waals surface area contributed by atoms with Crippen LogP contribution in [0, 0.1) is 5.41 Å². The lowest BCUT2D eigenvalue weighted by Crippen LogP contribution is -2.31. The van der Waals surface area contributed by atoms with Gasteiger partial charge in [-0.15, -0.1) is 0 Å². The van der Waals surface area contributed by atoms with E-state index in [1.165, 1.54) is 5.56 Å². The van der Waals surface area contributed by atoms with E-state index in [1.807, 2.05) is 6.07 Å². The third kappa shape index (κ3) is 4.49. The fraction of sp³-hybridized carbons (Fsp3) is 0.320. The molecular weight excluding hydrogens is 487 g/mol. The number of hydrogen-bond acceptors (Lipinski definition) is 6. The van der Waals surface area contributed by atoms with Crippen LogP contribution in [0.2, 0.25) is 10.0 Å². The molecule has 2 aliphatic heterocycles. The minimum Gasteiger partial charge on any atom is -0.450 e. The largest absolute Gasteiger partial charge is 0.450 e. The van der Waals surface area contributed by atoms with Crippen LogP contribution in [0.3, 0.4) is 0 Å². The molecule has 2 aliphatic rings. The Morgan fingerprint density at radius 2 is 1.86 bits per heavy atom. The number of aromatic nitrogens is 4. The highest BCUT2D eigenvalue weighted by atomic mass is 35.5. The maximum Gasteiger partial charge on any atom is 0.323 e. The molecule has 8 nitrogen and oxygen atoms in total. The molecule has 1 spiro atoms. The van der Waals surface area contributed by atoms with Gasteiger partial charge in [-0.1, -0.05) is 29.3 Å². The Labute approximate surface area is 211 Å². The van der Waals surface area contributed by atoms with Crippen LogP contribution in [0.5, 0.6) is 11.5 Å². The molecule has 10 heteroatoms. The Bertz CT molecular complexity index is 1450. The molecule has 2 fully saturated rings. The van der Waals surface area contributed by atoms with Crippen LogP contribution in [-0.2, 0) is 6.54 Å². The SMILES string of the molecule is O=c1[nH]c2ccc(CN3CCC4(CCN(c5ncncc5Oc5ccc(Cl)cc5Cl)C4)C3)cc2[nH]1. The molecule has 4 aromatic rings. The summed E-state index contributed by atoms with van der Waals surface area (Å²) in [6.07, 6.45) is 5.47. The van der Waals surface area contributed by atoms with Crippen molar-refractivity contribution < 1.29 is 4.74 Å². The van der Waals surface area contributed by atoms with Crippen molar-refractivity contribution in [1.82, 2.24) is 24.8 Å². The molecule has 0 radical (unpaired) electrons. The topological polar surface area (TPSA) is 90.1 Å². The summed E-state index contributed by atoms with van der Waals surface area (Å²) in [7, 11) is 0. The number of rotatable bonds is 5. The lowest BCUT2D eigenvalue weighted by atomic mass is 9.86. The number of imidazole rings is 1. The first kappa shape index (κ1) is 22.4. The standard InChI is InChI=1S/C25H24Cl2N6O2/c26-17-2-4-21(18(27)10-17)35-22-11-28-15-29-23(22)33-8-6-25(14-33)5-7-32(13-25)12-16-1-3-19-20(9-16)31-24(34)30-19/h1-4,9-11,15H,5-8,12-14H2,(H2,30,31,34). The zero-order valence-electron chi connectivity index (χ0n) is 18.9. The number of ether oxygens (including phenoxy) is 1. The van der Waals surface area contributed by atoms with Gasteiger partial charge in [-0.25, -0.2) is 14.8 Å². The first-order valence-electron chi connectivity index (χ1n) is 11.6. The van der Waals surface area contributed by atoms with Gasteiger partial charge in [0.15, 0.2) is 11.6 Å². The van der Waals surface area contributed by atoms with Gasteiger partial charge in [0.25, 0.3) is 0 Å². The molecule has 4 heterocycles. The third-order valence-corrected chi connectivity index (χ3v) is 7.54. The second-order valence-corrected chi connectivity index (χ2v) is 10.3. The van der Waals surface area contributed by atoms with Gasteiger partial charge in [0.05, 0.1) is 22.3 Å². The molecule has 0 bridgehead atoms. The van der Waals surface area contributed by atoms with Crippen LogP contribution < -0.4 is 15.3 Å². The monoisotopic (exact) mass is 510 g/mol. The predicted octanol–water partition coefficient (Wildman–Crippen LogP) is 4.85. The van der Waals surface area contributed by atoms with Gasteiger partial charge in [0.2, 0.25) is 0 Å². The van der Waals surface area contributed by atoms with Crippen LogP contribution in [-0.4, -0.2) is 51.0 Å². The third-order valence-electron chi connectivity index (χ3n) is 7.01. The number of fused-ring (bicyclic) bond motifs is 1. The van der Waals surface area contributed by atoms with Gasteiger partial charge in [-0.2, -0.15) is 0 Å². The maximum atomic E-state index is 11.6. The van der Waals surface area contributed by atoms with Crippen molar-refractivity contribution in [1.29, 1.82) is 0 Å². The Morgan fingerprint density at radius 1 is 1.00 bits per heavy atom. The number of H-pyrrole nitrogens is 2. The van der Waals surface area contributed by atoms with E-state index < -0.39 is 0 Å². The summed E-state index contributed by atoms with van der Waals surface area (Å²) >= 11 is 12.3. The van der Waals surface area contributed by atoms with E-state index in [4.69, 9.17) is 27.9 Å². The van der Waals surface area contributed by atoms with Crippen LogP contribution in [0.4, 0.5) is 5.82 Å². The number of aromatic amines is 2. The molecule has 2 N–H and O–H groups in total. The maximum absolute atomic E-state index is 11.6. The number of anilines is 1. The van der Waals surface area contributed by atoms with E-state index in [0.29, 0.717) is 21.5 Å². The molecule has 0 saturated carbocycles. The van der Waals surface area contributed by atoms with Gasteiger partial charge < -0.3 is 19.6 Å². The summed E-state index contributed by atoms with van der Waals surface area (Å²) in [5.41, 5.74) is 2.93. The highest BCUT2D eigenvalue weighted by molar-refractivity contribution is 6.35. The van der Waals surface area contributed by atoms with Gasteiger partial charge in [0.1, 0.15) is 12.1 Å². The first-order chi connectivity index (χ1) is 17.0. The number of nitrogens with zero attached hydrogens (tertiary/aromatic N) is 4. The average Bonchev–Trinajstić information content (AvgIpc) is 3.54. The van der Waals surface area contributed by atoms with Gasteiger partial charge >= 0.3 is 5.69 Å². The highest BCUT2D eigenvalue weighted by Gasteiger charge is 2.44. The molecule has 2 aromatic heterocycles. The zero-order chi connectivity index (χ0) is 24.0. The molecule has 6 rings (SSSR count).